The van der Waals surface area contributed by atoms with Gasteiger partial charge >= 0.3 is 0 Å². The molecule has 2 rings (SSSR count). The van der Waals surface area contributed by atoms with Crippen molar-refractivity contribution in [3.05, 3.63) is 59.9 Å². The minimum atomic E-state index is 0.0681. The van der Waals surface area contributed by atoms with E-state index in [0.717, 1.165) is 5.56 Å². The number of hydrogen-bond donors (Lipinski definition) is 1. The van der Waals surface area contributed by atoms with Gasteiger partial charge in [0.05, 0.1) is 0 Å². The molecule has 2 aromatic rings. The summed E-state index contributed by atoms with van der Waals surface area (Å²) in [7, 11) is 0. The van der Waals surface area contributed by atoms with Gasteiger partial charge in [-0.2, -0.15) is 0 Å². The summed E-state index contributed by atoms with van der Waals surface area (Å²) in [6.07, 6.45) is 3.75. The highest BCUT2D eigenvalue weighted by atomic mass is 16.1. The molecule has 1 aromatic carbocycles. The van der Waals surface area contributed by atoms with Crippen molar-refractivity contribution < 1.29 is 4.79 Å². The Balaban J connectivity index is 2.15. The van der Waals surface area contributed by atoms with Gasteiger partial charge in [0.15, 0.2) is 5.78 Å². The molecule has 0 amide bonds. The predicted octanol–water partition coefficient (Wildman–Crippen LogP) is 2.09. The molecule has 1 heterocycles. The van der Waals surface area contributed by atoms with Crippen LogP contribution in [-0.2, 0) is 6.42 Å². The Morgan fingerprint density at radius 2 is 1.94 bits per heavy atom. The number of Topliss-reactive ketones (excluding diaryl/α,β-unsaturated/α-hetero) is 1. The Hall–Kier alpha value is -2.16. The minimum Gasteiger partial charge on any atom is -0.399 e. The molecular weight excluding hydrogens is 200 g/mol. The number of aromatic nitrogens is 1. The molecule has 80 valence electrons. The summed E-state index contributed by atoms with van der Waals surface area (Å²) in [5.74, 6) is 0.0681. The zero-order chi connectivity index (χ0) is 11.4. The normalized spacial score (nSPS) is 10.0. The van der Waals surface area contributed by atoms with Crippen LogP contribution < -0.4 is 5.73 Å². The van der Waals surface area contributed by atoms with Gasteiger partial charge in [0.25, 0.3) is 0 Å². The monoisotopic (exact) mass is 212 g/mol. The standard InChI is InChI=1S/C13H12N2O/c14-12-3-1-2-11(9-12)13(16)8-10-4-6-15-7-5-10/h1-7,9H,8,14H2. The Morgan fingerprint density at radius 3 is 2.62 bits per heavy atom. The Labute approximate surface area is 93.9 Å². The molecule has 2 N–H and O–H groups in total. The fourth-order valence-corrected chi connectivity index (χ4v) is 1.50. The lowest BCUT2D eigenvalue weighted by Crippen LogP contribution is -2.04. The third kappa shape index (κ3) is 2.45. The van der Waals surface area contributed by atoms with Gasteiger partial charge in [0.1, 0.15) is 0 Å². The van der Waals surface area contributed by atoms with Gasteiger partial charge in [0, 0.05) is 30.1 Å². The van der Waals surface area contributed by atoms with Crippen LogP contribution in [0.1, 0.15) is 15.9 Å². The van der Waals surface area contributed by atoms with Crippen LogP contribution >= 0.6 is 0 Å². The van der Waals surface area contributed by atoms with E-state index in [1.54, 1.807) is 36.7 Å². The van der Waals surface area contributed by atoms with Crippen molar-refractivity contribution >= 4 is 11.5 Å². The molecule has 0 spiro atoms. The molecule has 0 aliphatic heterocycles. The summed E-state index contributed by atoms with van der Waals surface area (Å²) in [5.41, 5.74) is 7.85. The van der Waals surface area contributed by atoms with Crippen LogP contribution in [0.5, 0.6) is 0 Å². The number of carbonyl (C=O) groups is 1. The predicted molar refractivity (Wildman–Crippen MR) is 63.1 cm³/mol. The number of hydrogen-bond acceptors (Lipinski definition) is 3. The summed E-state index contributed by atoms with van der Waals surface area (Å²) >= 11 is 0. The molecule has 0 aliphatic carbocycles. The minimum absolute atomic E-state index is 0.0681. The topological polar surface area (TPSA) is 56.0 Å². The van der Waals surface area contributed by atoms with Crippen LogP contribution in [0.15, 0.2) is 48.8 Å². The molecule has 0 aliphatic rings. The van der Waals surface area contributed by atoms with E-state index in [4.69, 9.17) is 5.73 Å². The molecule has 0 fully saturated rings. The molecule has 3 heteroatoms. The molecule has 0 unspecified atom stereocenters. The number of nitrogens with zero attached hydrogens (tertiary/aromatic N) is 1. The second-order valence-electron chi connectivity index (χ2n) is 3.58. The molecule has 16 heavy (non-hydrogen) atoms. The molecule has 0 atom stereocenters. The quantitative estimate of drug-likeness (QED) is 0.626. The molecule has 3 nitrogen and oxygen atoms in total. The van der Waals surface area contributed by atoms with Gasteiger partial charge in [0.2, 0.25) is 0 Å². The van der Waals surface area contributed by atoms with Crippen molar-refractivity contribution in [2.75, 3.05) is 5.73 Å². The number of anilines is 1. The number of nitrogen functional groups attached to an aromatic ring is 1. The Kier molecular flexibility index (Phi) is 2.96. The molecular formula is C13H12N2O. The first-order chi connectivity index (χ1) is 7.75. The van der Waals surface area contributed by atoms with Crippen molar-refractivity contribution in [3.63, 3.8) is 0 Å². The molecule has 0 radical (unpaired) electrons. The Bertz CT molecular complexity index is 494. The second kappa shape index (κ2) is 4.57. The largest absolute Gasteiger partial charge is 0.399 e. The lowest BCUT2D eigenvalue weighted by Gasteiger charge is -2.02. The highest BCUT2D eigenvalue weighted by molar-refractivity contribution is 5.98. The maximum atomic E-state index is 11.9. The van der Waals surface area contributed by atoms with E-state index >= 15 is 0 Å². The van der Waals surface area contributed by atoms with Gasteiger partial charge < -0.3 is 5.73 Å². The second-order valence-corrected chi connectivity index (χ2v) is 3.58. The summed E-state index contributed by atoms with van der Waals surface area (Å²) in [6, 6.07) is 10.7. The lowest BCUT2D eigenvalue weighted by atomic mass is 10.0. The fraction of sp³-hybridized carbons (Fsp3) is 0.0769. The number of carbonyl (C=O) groups excluding carboxylic acids is 1. The van der Waals surface area contributed by atoms with Gasteiger partial charge in [-0.3, -0.25) is 9.78 Å². The van der Waals surface area contributed by atoms with Gasteiger partial charge in [-0.25, -0.2) is 0 Å². The van der Waals surface area contributed by atoms with Crippen LogP contribution in [0, 0.1) is 0 Å². The van der Waals surface area contributed by atoms with Crippen molar-refractivity contribution in [2.24, 2.45) is 0 Å². The van der Waals surface area contributed by atoms with Crippen LogP contribution in [0.3, 0.4) is 0 Å². The van der Waals surface area contributed by atoms with Crippen molar-refractivity contribution in [1.29, 1.82) is 0 Å². The zero-order valence-electron chi connectivity index (χ0n) is 8.76. The number of ketones is 1. The van der Waals surface area contributed by atoms with Crippen molar-refractivity contribution in [1.82, 2.24) is 4.98 Å². The maximum Gasteiger partial charge on any atom is 0.167 e. The first kappa shape index (κ1) is 10.4. The third-order valence-electron chi connectivity index (χ3n) is 2.32. The van der Waals surface area contributed by atoms with Gasteiger partial charge in [-0.05, 0) is 29.8 Å². The summed E-state index contributed by atoms with van der Waals surface area (Å²) < 4.78 is 0. The van der Waals surface area contributed by atoms with Crippen LogP contribution in [-0.4, -0.2) is 10.8 Å². The van der Waals surface area contributed by atoms with Gasteiger partial charge in [-0.1, -0.05) is 12.1 Å². The first-order valence-electron chi connectivity index (χ1n) is 5.03. The van der Waals surface area contributed by atoms with E-state index in [9.17, 15) is 4.79 Å². The Morgan fingerprint density at radius 1 is 1.19 bits per heavy atom. The number of nitrogens with two attached hydrogens (primary N) is 1. The zero-order valence-corrected chi connectivity index (χ0v) is 8.76. The summed E-state index contributed by atoms with van der Waals surface area (Å²) in [4.78, 5) is 15.8. The van der Waals surface area contributed by atoms with Crippen molar-refractivity contribution in [2.45, 2.75) is 6.42 Å². The summed E-state index contributed by atoms with van der Waals surface area (Å²) in [5, 5.41) is 0. The molecule has 1 aromatic heterocycles. The molecule has 0 saturated carbocycles. The SMILES string of the molecule is Nc1cccc(C(=O)Cc2ccncc2)c1. The number of benzene rings is 1. The smallest absolute Gasteiger partial charge is 0.167 e. The fourth-order valence-electron chi connectivity index (χ4n) is 1.50. The molecule has 0 saturated heterocycles. The van der Waals surface area contributed by atoms with E-state index in [1.165, 1.54) is 0 Å². The van der Waals surface area contributed by atoms with Crippen LogP contribution in [0.4, 0.5) is 5.69 Å². The number of pyridine rings is 1. The lowest BCUT2D eigenvalue weighted by molar-refractivity contribution is 0.0993. The van der Waals surface area contributed by atoms with E-state index in [-0.39, 0.29) is 5.78 Å². The molecule has 0 bridgehead atoms. The van der Waals surface area contributed by atoms with Crippen molar-refractivity contribution in [3.8, 4) is 0 Å². The highest BCUT2D eigenvalue weighted by Crippen LogP contribution is 2.10. The van der Waals surface area contributed by atoms with Crippen LogP contribution in [0.2, 0.25) is 0 Å². The maximum absolute atomic E-state index is 11.9. The first-order valence-corrected chi connectivity index (χ1v) is 5.03. The van der Waals surface area contributed by atoms with Crippen LogP contribution in [0.25, 0.3) is 0 Å². The van der Waals surface area contributed by atoms with Gasteiger partial charge in [-0.15, -0.1) is 0 Å². The van der Waals surface area contributed by atoms with E-state index in [2.05, 4.69) is 4.98 Å². The van der Waals surface area contributed by atoms with E-state index in [0.29, 0.717) is 17.7 Å². The highest BCUT2D eigenvalue weighted by Gasteiger charge is 2.06. The summed E-state index contributed by atoms with van der Waals surface area (Å²) in [6.45, 7) is 0. The van der Waals surface area contributed by atoms with E-state index in [1.807, 2.05) is 12.1 Å². The average molecular weight is 212 g/mol. The van der Waals surface area contributed by atoms with E-state index < -0.39 is 0 Å². The third-order valence-corrected chi connectivity index (χ3v) is 2.32. The average Bonchev–Trinajstić information content (AvgIpc) is 2.30. The number of rotatable bonds is 3.